The summed E-state index contributed by atoms with van der Waals surface area (Å²) in [5.74, 6) is 1.43. The van der Waals surface area contributed by atoms with Gasteiger partial charge in [0.05, 0.1) is 19.2 Å². The second kappa shape index (κ2) is 8.36. The molecular formula is C22H24ClN5O2. The maximum atomic E-state index is 12.1. The van der Waals surface area contributed by atoms with Crippen LogP contribution >= 0.6 is 11.6 Å². The van der Waals surface area contributed by atoms with Crippen LogP contribution in [0.15, 0.2) is 48.5 Å². The lowest BCUT2D eigenvalue weighted by Crippen LogP contribution is -2.28. The van der Waals surface area contributed by atoms with Crippen LogP contribution in [0.1, 0.15) is 43.5 Å². The largest absolute Gasteiger partial charge is 0.497 e. The number of carbonyl (C=O) groups is 1. The summed E-state index contributed by atoms with van der Waals surface area (Å²) in [4.78, 5) is 16.7. The van der Waals surface area contributed by atoms with Crippen molar-refractivity contribution in [1.82, 2.24) is 14.8 Å². The molecule has 1 amide bonds. The third-order valence-electron chi connectivity index (χ3n) is 5.22. The van der Waals surface area contributed by atoms with Crippen LogP contribution in [-0.4, -0.2) is 27.8 Å². The van der Waals surface area contributed by atoms with Gasteiger partial charge in [-0.25, -0.2) is 4.68 Å². The van der Waals surface area contributed by atoms with E-state index in [1.807, 2.05) is 67.1 Å². The van der Waals surface area contributed by atoms with Crippen molar-refractivity contribution in [2.45, 2.75) is 32.4 Å². The van der Waals surface area contributed by atoms with Crippen LogP contribution in [0.3, 0.4) is 0 Å². The molecule has 30 heavy (non-hydrogen) atoms. The molecule has 4 rings (SSSR count). The Hall–Kier alpha value is -3.06. The van der Waals surface area contributed by atoms with E-state index in [1.165, 1.54) is 0 Å². The predicted molar refractivity (Wildman–Crippen MR) is 117 cm³/mol. The Balaban J connectivity index is 1.70. The molecule has 0 saturated carbocycles. The highest BCUT2D eigenvalue weighted by Gasteiger charge is 2.31. The van der Waals surface area contributed by atoms with E-state index in [0.717, 1.165) is 23.3 Å². The van der Waals surface area contributed by atoms with Crippen molar-refractivity contribution in [3.63, 3.8) is 0 Å². The van der Waals surface area contributed by atoms with Gasteiger partial charge in [0.1, 0.15) is 5.75 Å². The molecule has 2 heterocycles. The molecule has 3 aromatic rings. The minimum atomic E-state index is -0.155. The lowest BCUT2D eigenvalue weighted by molar-refractivity contribution is -0.118. The van der Waals surface area contributed by atoms with E-state index in [2.05, 4.69) is 20.7 Å². The zero-order valence-electron chi connectivity index (χ0n) is 17.1. The Labute approximate surface area is 180 Å². The Morgan fingerprint density at radius 1 is 1.17 bits per heavy atom. The number of aromatic nitrogens is 3. The fourth-order valence-electron chi connectivity index (χ4n) is 3.50. The molecule has 0 spiro atoms. The minimum Gasteiger partial charge on any atom is -0.497 e. The molecule has 7 nitrogen and oxygen atoms in total. The standard InChI is InChI=1S/C22H24ClN5O2/c1-13(2)20(29)25-21-26-22-24-18(14-4-8-16(23)9-5-14)12-19(28(22)27-21)15-6-10-17(30-3)11-7-15/h4-11,13,18-19H,12H2,1-3H3,(H2,24,25,26,27,29)/t18-,19+/m0/s1. The van der Waals surface area contributed by atoms with Crippen molar-refractivity contribution in [1.29, 1.82) is 0 Å². The molecule has 0 bridgehead atoms. The number of methoxy groups -OCH3 is 1. The molecule has 0 saturated heterocycles. The maximum Gasteiger partial charge on any atom is 0.250 e. The van der Waals surface area contributed by atoms with E-state index < -0.39 is 0 Å². The van der Waals surface area contributed by atoms with Gasteiger partial charge in [-0.2, -0.15) is 4.98 Å². The van der Waals surface area contributed by atoms with Gasteiger partial charge < -0.3 is 10.1 Å². The first-order valence-corrected chi connectivity index (χ1v) is 10.3. The van der Waals surface area contributed by atoms with Crippen LogP contribution in [0, 0.1) is 5.92 Å². The molecule has 0 fully saturated rings. The summed E-state index contributed by atoms with van der Waals surface area (Å²) in [6.45, 7) is 3.67. The summed E-state index contributed by atoms with van der Waals surface area (Å²) in [7, 11) is 1.65. The number of anilines is 2. The number of halogens is 1. The Morgan fingerprint density at radius 3 is 2.47 bits per heavy atom. The van der Waals surface area contributed by atoms with Crippen molar-refractivity contribution in [2.24, 2.45) is 5.92 Å². The lowest BCUT2D eigenvalue weighted by atomic mass is 9.93. The second-order valence-electron chi connectivity index (χ2n) is 7.62. The Kier molecular flexibility index (Phi) is 5.63. The number of fused-ring (bicyclic) bond motifs is 1. The first-order valence-electron chi connectivity index (χ1n) is 9.88. The highest BCUT2D eigenvalue weighted by Crippen LogP contribution is 2.38. The van der Waals surface area contributed by atoms with Crippen molar-refractivity contribution >= 4 is 29.4 Å². The zero-order valence-corrected chi connectivity index (χ0v) is 17.8. The van der Waals surface area contributed by atoms with Crippen LogP contribution in [0.5, 0.6) is 5.75 Å². The van der Waals surface area contributed by atoms with E-state index in [1.54, 1.807) is 7.11 Å². The fraction of sp³-hybridized carbons (Fsp3) is 0.318. The highest BCUT2D eigenvalue weighted by atomic mass is 35.5. The molecule has 2 N–H and O–H groups in total. The predicted octanol–water partition coefficient (Wildman–Crippen LogP) is 4.68. The number of benzene rings is 2. The number of hydrogen-bond donors (Lipinski definition) is 2. The monoisotopic (exact) mass is 425 g/mol. The number of amides is 1. The molecule has 2 atom stereocenters. The van der Waals surface area contributed by atoms with Gasteiger partial charge in [0.15, 0.2) is 0 Å². The molecule has 0 aliphatic carbocycles. The average Bonchev–Trinajstić information content (AvgIpc) is 3.16. The lowest BCUT2D eigenvalue weighted by Gasteiger charge is -2.31. The SMILES string of the molecule is COc1ccc([C@H]2C[C@@H](c3ccc(Cl)cc3)Nc3nc(NC(=O)C(C)C)nn32)cc1. The van der Waals surface area contributed by atoms with Crippen molar-refractivity contribution < 1.29 is 9.53 Å². The first-order chi connectivity index (χ1) is 14.4. The Morgan fingerprint density at radius 2 is 1.83 bits per heavy atom. The van der Waals surface area contributed by atoms with E-state index in [9.17, 15) is 4.79 Å². The van der Waals surface area contributed by atoms with Crippen molar-refractivity contribution in [2.75, 3.05) is 17.7 Å². The van der Waals surface area contributed by atoms with Crippen LogP contribution in [0.25, 0.3) is 0 Å². The Bertz CT molecular complexity index is 1030. The number of nitrogens with one attached hydrogen (secondary N) is 2. The van der Waals surface area contributed by atoms with Gasteiger partial charge in [0.25, 0.3) is 5.95 Å². The normalized spacial score (nSPS) is 17.9. The number of hydrogen-bond acceptors (Lipinski definition) is 5. The van der Waals surface area contributed by atoms with Crippen LogP contribution in [-0.2, 0) is 4.79 Å². The van der Waals surface area contributed by atoms with E-state index >= 15 is 0 Å². The van der Waals surface area contributed by atoms with Gasteiger partial charge in [-0.05, 0) is 41.8 Å². The first kappa shape index (κ1) is 20.2. The smallest absolute Gasteiger partial charge is 0.250 e. The number of ether oxygens (including phenoxy) is 1. The van der Waals surface area contributed by atoms with Gasteiger partial charge in [0, 0.05) is 10.9 Å². The van der Waals surface area contributed by atoms with Crippen LogP contribution in [0.4, 0.5) is 11.9 Å². The van der Waals surface area contributed by atoms with E-state index in [0.29, 0.717) is 16.9 Å². The molecule has 8 heteroatoms. The van der Waals surface area contributed by atoms with Crippen molar-refractivity contribution in [3.8, 4) is 5.75 Å². The summed E-state index contributed by atoms with van der Waals surface area (Å²) < 4.78 is 7.13. The molecule has 1 aromatic heterocycles. The molecule has 1 aliphatic heterocycles. The summed E-state index contributed by atoms with van der Waals surface area (Å²) in [5.41, 5.74) is 2.20. The van der Waals surface area contributed by atoms with Gasteiger partial charge in [-0.3, -0.25) is 10.1 Å². The number of carbonyl (C=O) groups excluding carboxylic acids is 1. The average molecular weight is 426 g/mol. The highest BCUT2D eigenvalue weighted by molar-refractivity contribution is 6.30. The molecule has 0 radical (unpaired) electrons. The summed E-state index contributed by atoms with van der Waals surface area (Å²) in [5, 5.41) is 11.5. The minimum absolute atomic E-state index is 0.0275. The summed E-state index contributed by atoms with van der Waals surface area (Å²) in [6, 6.07) is 15.7. The van der Waals surface area contributed by atoms with Crippen LogP contribution in [0.2, 0.25) is 5.02 Å². The third-order valence-corrected chi connectivity index (χ3v) is 5.47. The van der Waals surface area contributed by atoms with Gasteiger partial charge >= 0.3 is 0 Å². The second-order valence-corrected chi connectivity index (χ2v) is 8.06. The summed E-state index contributed by atoms with van der Waals surface area (Å²) >= 11 is 6.06. The molecule has 156 valence electrons. The van der Waals surface area contributed by atoms with E-state index in [4.69, 9.17) is 16.3 Å². The fourth-order valence-corrected chi connectivity index (χ4v) is 3.63. The van der Waals surface area contributed by atoms with Gasteiger partial charge in [0.2, 0.25) is 11.9 Å². The van der Waals surface area contributed by atoms with Crippen molar-refractivity contribution in [3.05, 3.63) is 64.7 Å². The number of nitrogens with zero attached hydrogens (tertiary/aromatic N) is 3. The molecule has 0 unspecified atom stereocenters. The molecule has 2 aromatic carbocycles. The van der Waals surface area contributed by atoms with Gasteiger partial charge in [-0.1, -0.05) is 49.7 Å². The molecular weight excluding hydrogens is 402 g/mol. The quantitative estimate of drug-likeness (QED) is 0.620. The molecule has 1 aliphatic rings. The summed E-state index contributed by atoms with van der Waals surface area (Å²) in [6.07, 6.45) is 0.766. The van der Waals surface area contributed by atoms with Gasteiger partial charge in [-0.15, -0.1) is 5.10 Å². The maximum absolute atomic E-state index is 12.1. The van der Waals surface area contributed by atoms with E-state index in [-0.39, 0.29) is 23.9 Å². The number of rotatable bonds is 5. The zero-order chi connectivity index (χ0) is 21.3. The third kappa shape index (κ3) is 4.11. The topological polar surface area (TPSA) is 81.1 Å². The van der Waals surface area contributed by atoms with Crippen LogP contribution < -0.4 is 15.4 Å².